The predicted octanol–water partition coefficient (Wildman–Crippen LogP) is 1.85. The first-order valence-corrected chi connectivity index (χ1v) is 8.84. The molecular formula is C15H17N3O6S. The second-order valence-electron chi connectivity index (χ2n) is 5.34. The van der Waals surface area contributed by atoms with E-state index in [4.69, 9.17) is 4.18 Å². The fourth-order valence-electron chi connectivity index (χ4n) is 2.08. The molecule has 0 aliphatic carbocycles. The van der Waals surface area contributed by atoms with Gasteiger partial charge in [-0.25, -0.2) is 4.57 Å². The maximum atomic E-state index is 12.0. The Morgan fingerprint density at radius 1 is 1.32 bits per heavy atom. The molecule has 2 rings (SSSR count). The van der Waals surface area contributed by atoms with Crippen molar-refractivity contribution in [3.63, 3.8) is 0 Å². The van der Waals surface area contributed by atoms with Crippen molar-refractivity contribution < 1.29 is 22.3 Å². The first-order valence-electron chi connectivity index (χ1n) is 7.43. The summed E-state index contributed by atoms with van der Waals surface area (Å²) in [6.07, 6.45) is 2.81. The number of Topliss-reactive ketones (excluding diaryl/α,β-unsaturated/α-hetero) is 1. The van der Waals surface area contributed by atoms with Crippen LogP contribution in [0.1, 0.15) is 18.4 Å². The summed E-state index contributed by atoms with van der Waals surface area (Å²) >= 11 is 0. The van der Waals surface area contributed by atoms with Crippen molar-refractivity contribution >= 4 is 21.8 Å². The normalized spacial score (nSPS) is 11.4. The van der Waals surface area contributed by atoms with Crippen molar-refractivity contribution in [2.24, 2.45) is 0 Å². The highest BCUT2D eigenvalue weighted by Crippen LogP contribution is 2.14. The van der Waals surface area contributed by atoms with Crippen LogP contribution in [0.25, 0.3) is 0 Å². The highest BCUT2D eigenvalue weighted by atomic mass is 32.2. The molecule has 0 bridgehead atoms. The van der Waals surface area contributed by atoms with Crippen LogP contribution in [-0.2, 0) is 25.6 Å². The number of carbonyl (C=O) groups is 1. The first kappa shape index (κ1) is 18.7. The smallest absolute Gasteiger partial charge is 0.390 e. The summed E-state index contributed by atoms with van der Waals surface area (Å²) in [7, 11) is -3.86. The molecule has 10 heteroatoms. The van der Waals surface area contributed by atoms with Gasteiger partial charge in [0.05, 0.1) is 11.5 Å². The van der Waals surface area contributed by atoms with Crippen LogP contribution < -0.4 is 0 Å². The van der Waals surface area contributed by atoms with Gasteiger partial charge in [-0.3, -0.25) is 8.98 Å². The van der Waals surface area contributed by atoms with Crippen molar-refractivity contribution in [2.75, 3.05) is 6.61 Å². The first-order chi connectivity index (χ1) is 11.8. The third-order valence-corrected chi connectivity index (χ3v) is 4.68. The lowest BCUT2D eigenvalue weighted by atomic mass is 10.2. The topological polar surface area (TPSA) is 121 Å². The molecule has 1 aromatic carbocycles. The van der Waals surface area contributed by atoms with E-state index in [0.717, 1.165) is 10.1 Å². The summed E-state index contributed by atoms with van der Waals surface area (Å²) in [5.74, 6) is -0.691. The molecule has 0 atom stereocenters. The zero-order chi connectivity index (χ0) is 18.4. The Bertz CT molecular complexity index is 858. The van der Waals surface area contributed by atoms with Gasteiger partial charge in [0.15, 0.2) is 5.78 Å². The van der Waals surface area contributed by atoms with E-state index in [0.29, 0.717) is 0 Å². The lowest BCUT2D eigenvalue weighted by molar-refractivity contribution is -0.396. The molecule has 0 saturated heterocycles. The van der Waals surface area contributed by atoms with Gasteiger partial charge in [0, 0.05) is 6.42 Å². The van der Waals surface area contributed by atoms with Crippen LogP contribution in [-0.4, -0.2) is 35.3 Å². The lowest BCUT2D eigenvalue weighted by Crippen LogP contribution is -2.13. The van der Waals surface area contributed by atoms with Crippen LogP contribution in [0.2, 0.25) is 0 Å². The highest BCUT2D eigenvalue weighted by Gasteiger charge is 2.18. The maximum absolute atomic E-state index is 12.0. The Hall–Kier alpha value is -2.59. The van der Waals surface area contributed by atoms with E-state index >= 15 is 0 Å². The van der Waals surface area contributed by atoms with Gasteiger partial charge in [0.1, 0.15) is 18.9 Å². The molecule has 0 amide bonds. The summed E-state index contributed by atoms with van der Waals surface area (Å²) in [4.78, 5) is 25.5. The number of nitrogens with zero attached hydrogens (tertiary/aromatic N) is 3. The maximum Gasteiger partial charge on any atom is 0.434 e. The highest BCUT2D eigenvalue weighted by molar-refractivity contribution is 7.86. The molecule has 0 fully saturated rings. The molecule has 2 aromatic rings. The number of aryl methyl sites for hydroxylation is 1. The van der Waals surface area contributed by atoms with Gasteiger partial charge < -0.3 is 10.1 Å². The van der Waals surface area contributed by atoms with E-state index in [1.807, 2.05) is 6.92 Å². The van der Waals surface area contributed by atoms with Crippen molar-refractivity contribution in [1.29, 1.82) is 0 Å². The van der Waals surface area contributed by atoms with Crippen molar-refractivity contribution in [2.45, 2.75) is 31.2 Å². The second kappa shape index (κ2) is 7.99. The van der Waals surface area contributed by atoms with Crippen molar-refractivity contribution in [1.82, 2.24) is 9.55 Å². The monoisotopic (exact) mass is 367 g/mol. The fraction of sp³-hybridized carbons (Fsp3) is 0.333. The Labute approximate surface area is 144 Å². The number of ketones is 1. The van der Waals surface area contributed by atoms with E-state index in [2.05, 4.69) is 4.98 Å². The van der Waals surface area contributed by atoms with E-state index in [1.54, 1.807) is 12.1 Å². The minimum absolute atomic E-state index is 0.0404. The number of hydrogen-bond donors (Lipinski definition) is 0. The summed E-state index contributed by atoms with van der Waals surface area (Å²) in [5.41, 5.74) is 0.929. The Morgan fingerprint density at radius 3 is 2.64 bits per heavy atom. The number of nitro groups is 1. The molecule has 0 radical (unpaired) electrons. The minimum Gasteiger partial charge on any atom is -0.390 e. The van der Waals surface area contributed by atoms with Gasteiger partial charge in [-0.1, -0.05) is 22.7 Å². The van der Waals surface area contributed by atoms with Gasteiger partial charge in [0.2, 0.25) is 0 Å². The average molecular weight is 367 g/mol. The Kier molecular flexibility index (Phi) is 5.99. The van der Waals surface area contributed by atoms with Crippen LogP contribution in [0.15, 0.2) is 41.6 Å². The third kappa shape index (κ3) is 5.19. The molecule has 9 nitrogen and oxygen atoms in total. The SMILES string of the molecule is Cc1ccc(S(=O)(=O)OCCCC(=O)Cn2ccnc2[N+](=O)[O-])cc1. The summed E-state index contributed by atoms with van der Waals surface area (Å²) in [5, 5.41) is 10.7. The fourth-order valence-corrected chi connectivity index (χ4v) is 3.02. The molecule has 1 aromatic heterocycles. The molecular weight excluding hydrogens is 350 g/mol. The van der Waals surface area contributed by atoms with Gasteiger partial charge >= 0.3 is 5.95 Å². The zero-order valence-electron chi connectivity index (χ0n) is 13.5. The quantitative estimate of drug-likeness (QED) is 0.287. The van der Waals surface area contributed by atoms with E-state index in [9.17, 15) is 23.3 Å². The molecule has 0 aliphatic rings. The van der Waals surface area contributed by atoms with Crippen LogP contribution in [0.3, 0.4) is 0 Å². The molecule has 0 saturated carbocycles. The van der Waals surface area contributed by atoms with Crippen molar-refractivity contribution in [3.8, 4) is 0 Å². The number of rotatable bonds is 9. The molecule has 25 heavy (non-hydrogen) atoms. The number of aromatic nitrogens is 2. The Balaban J connectivity index is 1.80. The largest absolute Gasteiger partial charge is 0.434 e. The van der Waals surface area contributed by atoms with Crippen LogP contribution >= 0.6 is 0 Å². The average Bonchev–Trinajstić information content (AvgIpc) is 3.00. The van der Waals surface area contributed by atoms with E-state index in [-0.39, 0.29) is 36.7 Å². The van der Waals surface area contributed by atoms with Gasteiger partial charge in [-0.2, -0.15) is 8.42 Å². The molecule has 0 spiro atoms. The standard InChI is InChI=1S/C15H17N3O6S/c1-12-4-6-14(7-5-12)25(22,23)24-10-2-3-13(19)11-17-9-8-16-15(17)18(20)21/h4-9H,2-3,10-11H2,1H3. The molecule has 0 N–H and O–H groups in total. The number of imidazole rings is 1. The third-order valence-electron chi connectivity index (χ3n) is 3.35. The van der Waals surface area contributed by atoms with E-state index < -0.39 is 21.0 Å². The number of carbonyl (C=O) groups excluding carboxylic acids is 1. The molecule has 0 aliphatic heterocycles. The van der Waals surface area contributed by atoms with Crippen LogP contribution in [0.5, 0.6) is 0 Å². The summed E-state index contributed by atoms with van der Waals surface area (Å²) in [6.45, 7) is 1.50. The van der Waals surface area contributed by atoms with Gasteiger partial charge in [-0.05, 0) is 30.4 Å². The Morgan fingerprint density at radius 2 is 2.00 bits per heavy atom. The summed E-state index contributed by atoms with van der Waals surface area (Å²) in [6, 6.07) is 6.23. The van der Waals surface area contributed by atoms with Crippen LogP contribution in [0.4, 0.5) is 5.95 Å². The lowest BCUT2D eigenvalue weighted by Gasteiger charge is -2.06. The second-order valence-corrected chi connectivity index (χ2v) is 6.96. The number of hydrogen-bond acceptors (Lipinski definition) is 7. The molecule has 134 valence electrons. The van der Waals surface area contributed by atoms with Gasteiger partial charge in [-0.15, -0.1) is 0 Å². The molecule has 1 heterocycles. The predicted molar refractivity (Wildman–Crippen MR) is 87.4 cm³/mol. The summed E-state index contributed by atoms with van der Waals surface area (Å²) < 4.78 is 30.0. The zero-order valence-corrected chi connectivity index (χ0v) is 14.3. The number of benzene rings is 1. The van der Waals surface area contributed by atoms with Gasteiger partial charge in [0.25, 0.3) is 10.1 Å². The minimum atomic E-state index is -3.86. The van der Waals surface area contributed by atoms with Crippen molar-refractivity contribution in [3.05, 3.63) is 52.3 Å². The van der Waals surface area contributed by atoms with Crippen LogP contribution in [0, 0.1) is 17.0 Å². The molecule has 0 unspecified atom stereocenters. The van der Waals surface area contributed by atoms with E-state index in [1.165, 1.54) is 24.5 Å².